The van der Waals surface area contributed by atoms with Crippen molar-refractivity contribution in [1.29, 1.82) is 0 Å². The maximum atomic E-state index is 13.3. The number of rotatable bonds is 6. The van der Waals surface area contributed by atoms with Crippen LogP contribution in [0.4, 0.5) is 4.39 Å². The van der Waals surface area contributed by atoms with Crippen molar-refractivity contribution in [3.63, 3.8) is 0 Å². The Morgan fingerprint density at radius 3 is 2.18 bits per heavy atom. The topological polar surface area (TPSA) is 76.2 Å². The van der Waals surface area contributed by atoms with Gasteiger partial charge in [-0.15, -0.1) is 0 Å². The van der Waals surface area contributed by atoms with Crippen LogP contribution in [0.15, 0.2) is 48.5 Å². The average molecular weight is 454 g/mol. The number of likely N-dealkylation sites (tertiary alicyclic amines) is 2. The zero-order valence-corrected chi connectivity index (χ0v) is 18.8. The molecule has 0 aromatic heterocycles. The highest BCUT2D eigenvalue weighted by atomic mass is 19.1. The lowest BCUT2D eigenvalue weighted by Crippen LogP contribution is -2.46. The number of imide groups is 1. The second-order valence-corrected chi connectivity index (χ2v) is 8.57. The number of methoxy groups -OCH3 is 1. The second-order valence-electron chi connectivity index (χ2n) is 8.57. The maximum absolute atomic E-state index is 13.3. The summed E-state index contributed by atoms with van der Waals surface area (Å²) in [4.78, 5) is 41.6. The van der Waals surface area contributed by atoms with Crippen LogP contribution >= 0.6 is 0 Å². The van der Waals surface area contributed by atoms with E-state index in [1.807, 2.05) is 0 Å². The molecule has 1 unspecified atom stereocenters. The first-order valence-corrected chi connectivity index (χ1v) is 11.0. The van der Waals surface area contributed by atoms with Crippen molar-refractivity contribution in [2.24, 2.45) is 0 Å². The van der Waals surface area contributed by atoms with E-state index in [2.05, 4.69) is 0 Å². The van der Waals surface area contributed by atoms with Crippen molar-refractivity contribution >= 4 is 17.7 Å². The molecule has 2 aliphatic heterocycles. The van der Waals surface area contributed by atoms with Crippen molar-refractivity contribution in [3.8, 4) is 11.5 Å². The Morgan fingerprint density at radius 1 is 1.03 bits per heavy atom. The molecule has 7 nitrogen and oxygen atoms in total. The lowest BCUT2D eigenvalue weighted by atomic mass is 9.75. The smallest absolute Gasteiger partial charge is 0.240 e. The van der Waals surface area contributed by atoms with Gasteiger partial charge in [-0.2, -0.15) is 0 Å². The molecule has 33 heavy (non-hydrogen) atoms. The maximum Gasteiger partial charge on any atom is 0.240 e. The fourth-order valence-electron chi connectivity index (χ4n) is 4.56. The van der Waals surface area contributed by atoms with Crippen LogP contribution in [0, 0.1) is 5.82 Å². The first-order chi connectivity index (χ1) is 15.8. The number of hydrogen-bond donors (Lipinski definition) is 0. The normalized spacial score (nSPS) is 21.4. The standard InChI is InChI=1S/C25H27FN2O5/c1-27-22(29)15-25(24(27)31,17-3-7-19(32-2)8-4-17)16-23(30)28-13-11-21(12-14-28)33-20-9-5-18(26)6-10-20/h3-10,21H,11-16H2,1-2H3. The molecule has 2 aliphatic rings. The van der Waals surface area contributed by atoms with Gasteiger partial charge in [-0.1, -0.05) is 12.1 Å². The van der Waals surface area contributed by atoms with E-state index in [4.69, 9.17) is 9.47 Å². The number of piperidine rings is 1. The van der Waals surface area contributed by atoms with E-state index in [-0.39, 0.29) is 42.5 Å². The number of carbonyl (C=O) groups is 3. The van der Waals surface area contributed by atoms with Crippen LogP contribution in [0.1, 0.15) is 31.2 Å². The minimum Gasteiger partial charge on any atom is -0.497 e. The largest absolute Gasteiger partial charge is 0.497 e. The van der Waals surface area contributed by atoms with Gasteiger partial charge in [0, 0.05) is 45.8 Å². The summed E-state index contributed by atoms with van der Waals surface area (Å²) < 4.78 is 24.2. The van der Waals surface area contributed by atoms with Crippen LogP contribution in [0.5, 0.6) is 11.5 Å². The van der Waals surface area contributed by atoms with E-state index in [0.717, 1.165) is 4.90 Å². The second kappa shape index (κ2) is 9.21. The number of hydrogen-bond acceptors (Lipinski definition) is 5. The zero-order valence-electron chi connectivity index (χ0n) is 18.8. The third kappa shape index (κ3) is 4.55. The monoisotopic (exact) mass is 454 g/mol. The molecule has 4 rings (SSSR count). The zero-order chi connectivity index (χ0) is 23.6. The SMILES string of the molecule is COc1ccc(C2(CC(=O)N3CCC(Oc4ccc(F)cc4)CC3)CC(=O)N(C)C2=O)cc1. The molecule has 8 heteroatoms. The number of halogens is 1. The van der Waals surface area contributed by atoms with E-state index >= 15 is 0 Å². The summed E-state index contributed by atoms with van der Waals surface area (Å²) in [5, 5.41) is 0. The Bertz CT molecular complexity index is 1030. The van der Waals surface area contributed by atoms with Gasteiger partial charge in [-0.05, 0) is 42.0 Å². The number of carbonyl (C=O) groups excluding carboxylic acids is 3. The van der Waals surface area contributed by atoms with E-state index < -0.39 is 5.41 Å². The number of amides is 3. The summed E-state index contributed by atoms with van der Waals surface area (Å²) in [6, 6.07) is 12.8. The third-order valence-corrected chi connectivity index (χ3v) is 6.55. The van der Waals surface area contributed by atoms with E-state index in [1.165, 1.54) is 19.2 Å². The minimum atomic E-state index is -1.21. The number of benzene rings is 2. The van der Waals surface area contributed by atoms with E-state index in [9.17, 15) is 18.8 Å². The fourth-order valence-corrected chi connectivity index (χ4v) is 4.56. The van der Waals surface area contributed by atoms with Gasteiger partial charge in [0.25, 0.3) is 0 Å². The van der Waals surface area contributed by atoms with Gasteiger partial charge in [0.1, 0.15) is 23.4 Å². The number of likely N-dealkylation sites (N-methyl/N-ethyl adjacent to an activating group) is 1. The summed E-state index contributed by atoms with van der Waals surface area (Å²) in [6.45, 7) is 0.975. The first-order valence-electron chi connectivity index (χ1n) is 11.0. The summed E-state index contributed by atoms with van der Waals surface area (Å²) in [5.41, 5.74) is -0.578. The highest BCUT2D eigenvalue weighted by molar-refractivity contribution is 6.10. The van der Waals surface area contributed by atoms with Gasteiger partial charge in [0.15, 0.2) is 0 Å². The van der Waals surface area contributed by atoms with Gasteiger partial charge in [0.2, 0.25) is 17.7 Å². The molecular formula is C25H27FN2O5. The highest BCUT2D eigenvalue weighted by Crippen LogP contribution is 2.40. The van der Waals surface area contributed by atoms with Crippen molar-refractivity contribution < 1.29 is 28.2 Å². The lowest BCUT2D eigenvalue weighted by molar-refractivity contribution is -0.142. The molecule has 2 aromatic rings. The van der Waals surface area contributed by atoms with Crippen molar-refractivity contribution in [3.05, 3.63) is 59.9 Å². The molecule has 0 bridgehead atoms. The minimum absolute atomic E-state index is 0.0372. The van der Waals surface area contributed by atoms with Crippen LogP contribution < -0.4 is 9.47 Å². The molecule has 2 fully saturated rings. The van der Waals surface area contributed by atoms with Crippen LogP contribution in [0.2, 0.25) is 0 Å². The predicted molar refractivity (Wildman–Crippen MR) is 118 cm³/mol. The fraction of sp³-hybridized carbons (Fsp3) is 0.400. The summed E-state index contributed by atoms with van der Waals surface area (Å²) in [7, 11) is 3.01. The molecule has 2 saturated heterocycles. The molecule has 0 aliphatic carbocycles. The first kappa shape index (κ1) is 22.8. The molecular weight excluding hydrogens is 427 g/mol. The summed E-state index contributed by atoms with van der Waals surface area (Å²) in [5.74, 6) is 0.0866. The van der Waals surface area contributed by atoms with Gasteiger partial charge in [-0.25, -0.2) is 4.39 Å². The Hall–Kier alpha value is -3.42. The molecule has 0 radical (unpaired) electrons. The number of ether oxygens (including phenoxy) is 2. The molecule has 0 N–H and O–H groups in total. The van der Waals surface area contributed by atoms with Crippen LogP contribution in [0.25, 0.3) is 0 Å². The Morgan fingerprint density at radius 2 is 1.64 bits per heavy atom. The molecule has 174 valence electrons. The van der Waals surface area contributed by atoms with Gasteiger partial charge in [-0.3, -0.25) is 19.3 Å². The van der Waals surface area contributed by atoms with Crippen LogP contribution in [0.3, 0.4) is 0 Å². The average Bonchev–Trinajstić information content (AvgIpc) is 3.05. The van der Waals surface area contributed by atoms with Gasteiger partial charge in [0.05, 0.1) is 12.5 Å². The van der Waals surface area contributed by atoms with Crippen molar-refractivity contribution in [2.45, 2.75) is 37.2 Å². The Labute approximate surface area is 192 Å². The molecule has 3 amide bonds. The van der Waals surface area contributed by atoms with Crippen LogP contribution in [-0.4, -0.2) is 60.9 Å². The van der Waals surface area contributed by atoms with Crippen molar-refractivity contribution in [1.82, 2.24) is 9.80 Å². The van der Waals surface area contributed by atoms with Crippen LogP contribution in [-0.2, 0) is 19.8 Å². The lowest BCUT2D eigenvalue weighted by Gasteiger charge is -2.35. The van der Waals surface area contributed by atoms with E-state index in [1.54, 1.807) is 48.4 Å². The predicted octanol–water partition coefficient (Wildman–Crippen LogP) is 2.92. The molecule has 0 spiro atoms. The third-order valence-electron chi connectivity index (χ3n) is 6.55. The molecule has 2 aromatic carbocycles. The van der Waals surface area contributed by atoms with E-state index in [0.29, 0.717) is 43.0 Å². The van der Waals surface area contributed by atoms with Crippen molar-refractivity contribution in [2.75, 3.05) is 27.2 Å². The van der Waals surface area contributed by atoms with Gasteiger partial charge >= 0.3 is 0 Å². The highest BCUT2D eigenvalue weighted by Gasteiger charge is 2.53. The summed E-state index contributed by atoms with van der Waals surface area (Å²) in [6.07, 6.45) is 1.08. The number of nitrogens with zero attached hydrogens (tertiary/aromatic N) is 2. The van der Waals surface area contributed by atoms with Gasteiger partial charge < -0.3 is 14.4 Å². The molecule has 2 heterocycles. The summed E-state index contributed by atoms with van der Waals surface area (Å²) >= 11 is 0. The Balaban J connectivity index is 1.45. The Kier molecular flexibility index (Phi) is 6.35. The molecule has 1 atom stereocenters. The quantitative estimate of drug-likeness (QED) is 0.628. The molecule has 0 saturated carbocycles.